The highest BCUT2D eigenvalue weighted by Gasteiger charge is 2.32. The lowest BCUT2D eigenvalue weighted by atomic mass is 9.95. The van der Waals surface area contributed by atoms with E-state index in [0.29, 0.717) is 21.9 Å². The minimum atomic E-state index is 0.280. The number of allylic oxidation sites excluding steroid dienone is 3. The van der Waals surface area contributed by atoms with Gasteiger partial charge in [-0.3, -0.25) is 5.73 Å². The predicted molar refractivity (Wildman–Crippen MR) is 94.4 cm³/mol. The van der Waals surface area contributed by atoms with Crippen LogP contribution in [0, 0.1) is 29.6 Å². The molecule has 1 aliphatic carbocycles. The summed E-state index contributed by atoms with van der Waals surface area (Å²) in [5.74, 6) is 0.280. The van der Waals surface area contributed by atoms with Crippen molar-refractivity contribution < 1.29 is 4.98 Å². The van der Waals surface area contributed by atoms with Gasteiger partial charge in [-0.1, -0.05) is 23.7 Å². The summed E-state index contributed by atoms with van der Waals surface area (Å²) in [7, 11) is 0. The van der Waals surface area contributed by atoms with Crippen LogP contribution in [0.15, 0.2) is 29.8 Å². The Morgan fingerprint density at radius 1 is 1.12 bits per heavy atom. The maximum atomic E-state index is 9.53. The molecule has 0 radical (unpaired) electrons. The van der Waals surface area contributed by atoms with Gasteiger partial charge >= 0.3 is 0 Å². The lowest BCUT2D eigenvalue weighted by Gasteiger charge is -2.08. The molecule has 0 bridgehead atoms. The first-order chi connectivity index (χ1) is 11.5. The number of fused-ring (bicyclic) bond motifs is 1. The number of aromatic amines is 1. The number of nitrogens with two attached hydrogens (primary N) is 1. The molecule has 1 aliphatic rings. The molecule has 116 valence electrons. The van der Waals surface area contributed by atoms with Crippen LogP contribution in [0.1, 0.15) is 34.9 Å². The lowest BCUT2D eigenvalue weighted by molar-refractivity contribution is -0.364. The fraction of sp³-hybridized carbons (Fsp3) is 0.105. The van der Waals surface area contributed by atoms with E-state index in [1.807, 2.05) is 44.2 Å². The number of nitriles is 2. The molecular formula is C19H14ClN4+. The Bertz CT molecular complexity index is 1000. The number of nitrogens with one attached hydrogen (secondary N) is 1. The molecule has 0 unspecified atom stereocenters. The van der Waals surface area contributed by atoms with Crippen molar-refractivity contribution in [2.75, 3.05) is 5.73 Å². The number of nitrogens with zero attached hydrogens (tertiary/aromatic N) is 2. The summed E-state index contributed by atoms with van der Waals surface area (Å²) in [6.45, 7) is 3.75. The van der Waals surface area contributed by atoms with Gasteiger partial charge in [0, 0.05) is 10.6 Å². The third-order valence-corrected chi connectivity index (χ3v) is 4.48. The second-order valence-corrected chi connectivity index (χ2v) is 6.06. The van der Waals surface area contributed by atoms with Gasteiger partial charge in [0.25, 0.3) is 5.82 Å². The standard InChI is InChI=1S/C19H13ClN4/c1-10-14(7-12-3-5-13(20)6-4-12)17-11(2)16(9-22)19(23)24-18(17)15(10)8-21/h3-7H,1-2H3,(H2,23,24)/p+1/b14-7+. The van der Waals surface area contributed by atoms with Crippen LogP contribution < -0.4 is 10.7 Å². The van der Waals surface area contributed by atoms with Crippen molar-refractivity contribution in [2.24, 2.45) is 0 Å². The van der Waals surface area contributed by atoms with Crippen LogP contribution in [0.4, 0.5) is 5.82 Å². The molecule has 0 amide bonds. The minimum Gasteiger partial charge on any atom is -0.286 e. The molecule has 0 saturated heterocycles. The van der Waals surface area contributed by atoms with Gasteiger partial charge in [-0.15, -0.1) is 0 Å². The average molecular weight is 334 g/mol. The van der Waals surface area contributed by atoms with Gasteiger partial charge in [0.1, 0.15) is 23.3 Å². The van der Waals surface area contributed by atoms with Gasteiger partial charge in [0.05, 0.1) is 0 Å². The van der Waals surface area contributed by atoms with Crippen molar-refractivity contribution in [3.05, 3.63) is 62.8 Å². The Labute approximate surface area is 145 Å². The normalized spacial score (nSPS) is 14.5. The fourth-order valence-corrected chi connectivity index (χ4v) is 3.12. The van der Waals surface area contributed by atoms with E-state index in [9.17, 15) is 10.5 Å². The van der Waals surface area contributed by atoms with E-state index in [1.165, 1.54) is 0 Å². The average Bonchev–Trinajstić information content (AvgIpc) is 2.81. The van der Waals surface area contributed by atoms with E-state index in [4.69, 9.17) is 17.3 Å². The number of pyridine rings is 1. The van der Waals surface area contributed by atoms with E-state index in [0.717, 1.165) is 27.8 Å². The van der Waals surface area contributed by atoms with E-state index < -0.39 is 0 Å². The summed E-state index contributed by atoms with van der Waals surface area (Å²) in [6.07, 6.45) is 1.99. The smallest absolute Gasteiger partial charge is 0.286 e. The van der Waals surface area contributed by atoms with Crippen LogP contribution in [-0.2, 0) is 0 Å². The number of hydrogen-bond donors (Lipinski definition) is 1. The van der Waals surface area contributed by atoms with Crippen molar-refractivity contribution >= 4 is 34.6 Å². The van der Waals surface area contributed by atoms with Crippen LogP contribution >= 0.6 is 11.6 Å². The molecule has 1 aromatic carbocycles. The highest BCUT2D eigenvalue weighted by atomic mass is 35.5. The van der Waals surface area contributed by atoms with Crippen molar-refractivity contribution in [2.45, 2.75) is 13.8 Å². The molecule has 24 heavy (non-hydrogen) atoms. The SMILES string of the molecule is CC1=C(C#N)c2[nH+]c(N)c(C#N)c(C)c2/C1=C/c1ccc(Cl)cc1. The fourth-order valence-electron chi connectivity index (χ4n) is 3.00. The number of nitrogen functional groups attached to an aromatic ring is 1. The maximum absolute atomic E-state index is 9.53. The molecule has 0 aliphatic heterocycles. The Kier molecular flexibility index (Phi) is 3.85. The van der Waals surface area contributed by atoms with Gasteiger partial charge in [-0.2, -0.15) is 10.5 Å². The highest BCUT2D eigenvalue weighted by Crippen LogP contribution is 2.42. The van der Waals surface area contributed by atoms with Gasteiger partial charge in [-0.05, 0) is 54.3 Å². The zero-order valence-corrected chi connectivity index (χ0v) is 14.0. The van der Waals surface area contributed by atoms with Gasteiger partial charge in [0.2, 0.25) is 0 Å². The van der Waals surface area contributed by atoms with E-state index in [-0.39, 0.29) is 5.82 Å². The summed E-state index contributed by atoms with van der Waals surface area (Å²) in [5, 5.41) is 19.6. The van der Waals surface area contributed by atoms with E-state index in [2.05, 4.69) is 17.1 Å². The zero-order valence-electron chi connectivity index (χ0n) is 13.2. The Morgan fingerprint density at radius 3 is 2.38 bits per heavy atom. The highest BCUT2D eigenvalue weighted by molar-refractivity contribution is 6.30. The van der Waals surface area contributed by atoms with Crippen molar-refractivity contribution in [1.82, 2.24) is 0 Å². The molecule has 1 aromatic heterocycles. The second-order valence-electron chi connectivity index (χ2n) is 5.62. The molecule has 3 N–H and O–H groups in total. The van der Waals surface area contributed by atoms with Gasteiger partial charge in [-0.25, -0.2) is 4.98 Å². The summed E-state index contributed by atoms with van der Waals surface area (Å²) in [5.41, 5.74) is 11.9. The number of aromatic nitrogens is 1. The number of rotatable bonds is 1. The Hall–Kier alpha value is -3.08. The third-order valence-electron chi connectivity index (χ3n) is 4.23. The van der Waals surface area contributed by atoms with E-state index in [1.54, 1.807) is 0 Å². The topological polar surface area (TPSA) is 87.7 Å². The summed E-state index contributed by atoms with van der Waals surface area (Å²) in [6, 6.07) is 11.8. The third kappa shape index (κ3) is 2.34. The van der Waals surface area contributed by atoms with Crippen molar-refractivity contribution in [1.29, 1.82) is 10.5 Å². The largest absolute Gasteiger partial charge is 0.289 e. The van der Waals surface area contributed by atoms with Crippen LogP contribution in [0.3, 0.4) is 0 Å². The molecular weight excluding hydrogens is 320 g/mol. The quantitative estimate of drug-likeness (QED) is 0.861. The lowest BCUT2D eigenvalue weighted by Crippen LogP contribution is -2.20. The summed E-state index contributed by atoms with van der Waals surface area (Å²) < 4.78 is 0. The Balaban J connectivity index is 2.31. The van der Waals surface area contributed by atoms with Crippen molar-refractivity contribution in [3.63, 3.8) is 0 Å². The first-order valence-corrected chi connectivity index (χ1v) is 7.70. The number of hydrogen-bond acceptors (Lipinski definition) is 3. The summed E-state index contributed by atoms with van der Waals surface area (Å²) >= 11 is 5.94. The molecule has 0 spiro atoms. The Morgan fingerprint density at radius 2 is 1.79 bits per heavy atom. The molecule has 4 nitrogen and oxygen atoms in total. The first kappa shape index (κ1) is 15.8. The van der Waals surface area contributed by atoms with Crippen LogP contribution in [-0.4, -0.2) is 0 Å². The molecule has 3 rings (SSSR count). The molecule has 0 saturated carbocycles. The number of H-pyrrole nitrogens is 1. The number of halogens is 1. The monoisotopic (exact) mass is 333 g/mol. The molecule has 0 atom stereocenters. The molecule has 2 aromatic rings. The van der Waals surface area contributed by atoms with Crippen molar-refractivity contribution in [3.8, 4) is 12.1 Å². The van der Waals surface area contributed by atoms with E-state index >= 15 is 0 Å². The van der Waals surface area contributed by atoms with Crippen LogP contribution in [0.5, 0.6) is 0 Å². The second kappa shape index (κ2) is 5.85. The molecule has 5 heteroatoms. The summed E-state index contributed by atoms with van der Waals surface area (Å²) in [4.78, 5) is 3.02. The number of anilines is 1. The predicted octanol–water partition coefficient (Wildman–Crippen LogP) is 3.77. The van der Waals surface area contributed by atoms with Crippen LogP contribution in [0.25, 0.3) is 17.2 Å². The van der Waals surface area contributed by atoms with Gasteiger partial charge < -0.3 is 0 Å². The maximum Gasteiger partial charge on any atom is 0.289 e. The molecule has 1 heterocycles. The molecule has 0 fully saturated rings. The minimum absolute atomic E-state index is 0.280. The van der Waals surface area contributed by atoms with Crippen LogP contribution in [0.2, 0.25) is 5.02 Å². The van der Waals surface area contributed by atoms with Gasteiger partial charge in [0.15, 0.2) is 5.69 Å². The first-order valence-electron chi connectivity index (χ1n) is 7.32. The zero-order chi connectivity index (χ0) is 17.4. The number of benzene rings is 1.